The molecule has 2 aromatic rings. The molecular formula is C21H31N5O4S. The summed E-state index contributed by atoms with van der Waals surface area (Å²) in [6.07, 6.45) is 4.25. The quantitative estimate of drug-likeness (QED) is 0.688. The van der Waals surface area contributed by atoms with E-state index in [2.05, 4.69) is 10.1 Å². The summed E-state index contributed by atoms with van der Waals surface area (Å²) in [4.78, 5) is 19.3. The van der Waals surface area contributed by atoms with Crippen molar-refractivity contribution in [3.05, 3.63) is 23.5 Å². The Morgan fingerprint density at radius 3 is 2.42 bits per heavy atom. The van der Waals surface area contributed by atoms with E-state index in [-0.39, 0.29) is 11.8 Å². The van der Waals surface area contributed by atoms with Gasteiger partial charge >= 0.3 is 0 Å². The fourth-order valence-corrected chi connectivity index (χ4v) is 5.30. The number of aromatic nitrogens is 3. The van der Waals surface area contributed by atoms with Gasteiger partial charge in [0.05, 0.1) is 24.3 Å². The van der Waals surface area contributed by atoms with Crippen molar-refractivity contribution in [3.63, 3.8) is 0 Å². The maximum absolute atomic E-state index is 12.9. The lowest BCUT2D eigenvalue weighted by molar-refractivity contribution is -0.138. The monoisotopic (exact) mass is 449 g/mol. The van der Waals surface area contributed by atoms with Gasteiger partial charge in [-0.15, -0.1) is 5.10 Å². The highest BCUT2D eigenvalue weighted by Crippen LogP contribution is 2.25. The van der Waals surface area contributed by atoms with Gasteiger partial charge in [-0.2, -0.15) is 0 Å². The van der Waals surface area contributed by atoms with Crippen LogP contribution < -0.4 is 4.74 Å². The minimum Gasteiger partial charge on any atom is -0.476 e. The van der Waals surface area contributed by atoms with Crippen molar-refractivity contribution in [2.45, 2.75) is 39.5 Å². The molecule has 0 spiro atoms. The summed E-state index contributed by atoms with van der Waals surface area (Å²) in [5.41, 5.74) is 2.79. The largest absolute Gasteiger partial charge is 0.476 e. The fraction of sp³-hybridized carbons (Fsp3) is 0.667. The van der Waals surface area contributed by atoms with E-state index in [9.17, 15) is 13.2 Å². The highest BCUT2D eigenvalue weighted by molar-refractivity contribution is 7.88. The summed E-state index contributed by atoms with van der Waals surface area (Å²) in [6, 6.07) is 3.77. The molecule has 2 fully saturated rings. The molecule has 0 bridgehead atoms. The van der Waals surface area contributed by atoms with Crippen LogP contribution in [0, 0.1) is 25.7 Å². The van der Waals surface area contributed by atoms with Gasteiger partial charge in [0.25, 0.3) is 0 Å². The smallest absolute Gasteiger partial charge is 0.231 e. The second kappa shape index (κ2) is 8.74. The molecule has 2 saturated heterocycles. The predicted molar refractivity (Wildman–Crippen MR) is 116 cm³/mol. The molecule has 0 atom stereocenters. The SMILES string of the molecule is Cc1nc2ccc(OCC3CCN(C(=O)C4CCN(S(C)(=O)=O)CC4)CC3)nn2c1C. The van der Waals surface area contributed by atoms with Gasteiger partial charge in [-0.3, -0.25) is 4.79 Å². The van der Waals surface area contributed by atoms with E-state index >= 15 is 0 Å². The van der Waals surface area contributed by atoms with Gasteiger partial charge in [0.1, 0.15) is 0 Å². The number of carbonyl (C=O) groups excluding carboxylic acids is 1. The Bertz CT molecular complexity index is 1050. The predicted octanol–water partition coefficient (Wildman–Crippen LogP) is 1.64. The number of sulfonamides is 1. The summed E-state index contributed by atoms with van der Waals surface area (Å²) in [6.45, 7) is 6.87. The summed E-state index contributed by atoms with van der Waals surface area (Å²) >= 11 is 0. The molecule has 0 saturated carbocycles. The zero-order valence-corrected chi connectivity index (χ0v) is 19.3. The first-order valence-electron chi connectivity index (χ1n) is 10.9. The summed E-state index contributed by atoms with van der Waals surface area (Å²) in [5, 5.41) is 4.53. The Morgan fingerprint density at radius 1 is 1.10 bits per heavy atom. The zero-order valence-electron chi connectivity index (χ0n) is 18.5. The van der Waals surface area contributed by atoms with Crippen molar-refractivity contribution in [1.82, 2.24) is 23.8 Å². The minimum absolute atomic E-state index is 0.0661. The van der Waals surface area contributed by atoms with E-state index in [1.165, 1.54) is 10.6 Å². The van der Waals surface area contributed by atoms with Crippen LogP contribution in [-0.2, 0) is 14.8 Å². The van der Waals surface area contributed by atoms with E-state index in [1.54, 1.807) is 4.52 Å². The molecule has 4 rings (SSSR count). The van der Waals surface area contributed by atoms with Crippen molar-refractivity contribution in [1.29, 1.82) is 0 Å². The number of carbonyl (C=O) groups is 1. The number of rotatable bonds is 5. The van der Waals surface area contributed by atoms with E-state index in [0.29, 0.717) is 44.3 Å². The van der Waals surface area contributed by atoms with Crippen molar-refractivity contribution in [2.24, 2.45) is 11.8 Å². The van der Waals surface area contributed by atoms with E-state index < -0.39 is 10.0 Å². The van der Waals surface area contributed by atoms with Crippen molar-refractivity contribution < 1.29 is 17.9 Å². The summed E-state index contributed by atoms with van der Waals surface area (Å²) in [7, 11) is -3.17. The van der Waals surface area contributed by atoms with E-state index in [4.69, 9.17) is 4.74 Å². The molecule has 10 heteroatoms. The van der Waals surface area contributed by atoms with Crippen LogP contribution in [0.3, 0.4) is 0 Å². The average molecular weight is 450 g/mol. The van der Waals surface area contributed by atoms with Crippen LogP contribution in [-0.4, -0.2) is 77.2 Å². The van der Waals surface area contributed by atoms with Crippen molar-refractivity contribution >= 4 is 21.6 Å². The third-order valence-corrected chi connectivity index (χ3v) is 7.88. The molecule has 4 heterocycles. The standard InChI is InChI=1S/C21H31N5O4S/c1-15-16(2)26-19(22-15)4-5-20(23-26)30-14-17-6-10-24(11-7-17)21(27)18-8-12-25(13-9-18)31(3,28)29/h4-5,17-18H,6-14H2,1-3H3. The molecular weight excluding hydrogens is 418 g/mol. The van der Waals surface area contributed by atoms with Gasteiger partial charge in [0.2, 0.25) is 21.8 Å². The molecule has 0 N–H and O–H groups in total. The number of hydrogen-bond donors (Lipinski definition) is 0. The molecule has 31 heavy (non-hydrogen) atoms. The van der Waals surface area contributed by atoms with E-state index in [1.807, 2.05) is 30.9 Å². The van der Waals surface area contributed by atoms with Gasteiger partial charge in [0, 0.05) is 38.2 Å². The normalized spacial score (nSPS) is 19.8. The number of amides is 1. The van der Waals surface area contributed by atoms with Crippen LogP contribution in [0.4, 0.5) is 0 Å². The lowest BCUT2D eigenvalue weighted by Crippen LogP contribution is -2.46. The summed E-state index contributed by atoms with van der Waals surface area (Å²) in [5.74, 6) is 1.08. The maximum Gasteiger partial charge on any atom is 0.231 e. The topological polar surface area (TPSA) is 97.1 Å². The molecule has 0 aromatic carbocycles. The molecule has 1 amide bonds. The number of hydrogen-bond acceptors (Lipinski definition) is 6. The zero-order chi connectivity index (χ0) is 22.2. The lowest BCUT2D eigenvalue weighted by Gasteiger charge is -2.36. The molecule has 2 aliphatic rings. The Balaban J connectivity index is 1.24. The van der Waals surface area contributed by atoms with Crippen LogP contribution in [0.25, 0.3) is 5.65 Å². The van der Waals surface area contributed by atoms with Crippen LogP contribution in [0.5, 0.6) is 5.88 Å². The first-order chi connectivity index (χ1) is 14.7. The Kier molecular flexibility index (Phi) is 6.20. The lowest BCUT2D eigenvalue weighted by atomic mass is 9.93. The Morgan fingerprint density at radius 2 is 1.77 bits per heavy atom. The highest BCUT2D eigenvalue weighted by Gasteiger charge is 2.33. The van der Waals surface area contributed by atoms with Gasteiger partial charge < -0.3 is 9.64 Å². The molecule has 0 unspecified atom stereocenters. The highest BCUT2D eigenvalue weighted by atomic mass is 32.2. The second-order valence-electron chi connectivity index (χ2n) is 8.74. The number of likely N-dealkylation sites (tertiary alicyclic amines) is 1. The third kappa shape index (κ3) is 4.85. The number of aryl methyl sites for hydroxylation is 2. The van der Waals surface area contributed by atoms with Gasteiger partial charge in [0.15, 0.2) is 5.65 Å². The number of fused-ring (bicyclic) bond motifs is 1. The van der Waals surface area contributed by atoms with Crippen LogP contribution in [0.1, 0.15) is 37.1 Å². The van der Waals surface area contributed by atoms with Crippen LogP contribution in [0.2, 0.25) is 0 Å². The first-order valence-corrected chi connectivity index (χ1v) is 12.8. The molecule has 170 valence electrons. The molecule has 0 radical (unpaired) electrons. The van der Waals surface area contributed by atoms with Gasteiger partial charge in [-0.1, -0.05) is 0 Å². The van der Waals surface area contributed by atoms with Crippen LogP contribution >= 0.6 is 0 Å². The number of nitrogens with zero attached hydrogens (tertiary/aromatic N) is 5. The number of ether oxygens (including phenoxy) is 1. The molecule has 0 aliphatic carbocycles. The number of imidazole rings is 1. The van der Waals surface area contributed by atoms with Gasteiger partial charge in [-0.05, 0) is 51.5 Å². The van der Waals surface area contributed by atoms with E-state index in [0.717, 1.165) is 43.0 Å². The molecule has 2 aliphatic heterocycles. The van der Waals surface area contributed by atoms with Gasteiger partial charge in [-0.25, -0.2) is 22.2 Å². The number of piperidine rings is 2. The maximum atomic E-state index is 12.9. The van der Waals surface area contributed by atoms with Crippen molar-refractivity contribution in [3.8, 4) is 5.88 Å². The third-order valence-electron chi connectivity index (χ3n) is 6.58. The Labute approximate surface area is 183 Å². The van der Waals surface area contributed by atoms with Crippen LogP contribution in [0.15, 0.2) is 12.1 Å². The average Bonchev–Trinajstić information content (AvgIpc) is 3.05. The first kappa shape index (κ1) is 22.0. The van der Waals surface area contributed by atoms with Crippen molar-refractivity contribution in [2.75, 3.05) is 39.0 Å². The molecule has 9 nitrogen and oxygen atoms in total. The fourth-order valence-electron chi connectivity index (χ4n) is 4.43. The second-order valence-corrected chi connectivity index (χ2v) is 10.7. The Hall–Kier alpha value is -2.20. The molecule has 2 aromatic heterocycles. The minimum atomic E-state index is -3.17. The summed E-state index contributed by atoms with van der Waals surface area (Å²) < 4.78 is 32.5.